The summed E-state index contributed by atoms with van der Waals surface area (Å²) in [6.45, 7) is 1.64. The molecule has 0 aromatic heterocycles. The predicted octanol–water partition coefficient (Wildman–Crippen LogP) is 2.13. The van der Waals surface area contributed by atoms with Gasteiger partial charge in [-0.15, -0.1) is 0 Å². The van der Waals surface area contributed by atoms with Gasteiger partial charge in [-0.1, -0.05) is 13.0 Å². The molecule has 1 N–H and O–H groups in total. The lowest BCUT2D eigenvalue weighted by molar-refractivity contribution is -0.131. The van der Waals surface area contributed by atoms with Gasteiger partial charge in [0.2, 0.25) is 0 Å². The minimum absolute atomic E-state index is 0.0610. The van der Waals surface area contributed by atoms with E-state index in [1.54, 1.807) is 6.92 Å². The van der Waals surface area contributed by atoms with Crippen LogP contribution in [-0.4, -0.2) is 37.6 Å². The van der Waals surface area contributed by atoms with E-state index < -0.39 is 21.6 Å². The molecule has 0 unspecified atom stereocenters. The van der Waals surface area contributed by atoms with Crippen molar-refractivity contribution in [3.63, 3.8) is 0 Å². The van der Waals surface area contributed by atoms with Crippen molar-refractivity contribution in [2.45, 2.75) is 13.3 Å². The van der Waals surface area contributed by atoms with Crippen molar-refractivity contribution in [3.8, 4) is 5.75 Å². The first-order valence-corrected chi connectivity index (χ1v) is 8.20. The van der Waals surface area contributed by atoms with E-state index in [1.807, 2.05) is 0 Å². The van der Waals surface area contributed by atoms with Crippen LogP contribution in [0.5, 0.6) is 5.75 Å². The highest BCUT2D eigenvalue weighted by Gasteiger charge is 2.10. The number of sulfone groups is 1. The van der Waals surface area contributed by atoms with Crippen molar-refractivity contribution in [1.82, 2.24) is 0 Å². The molecule has 5 nitrogen and oxygen atoms in total. The molecule has 1 aromatic carbocycles. The first-order chi connectivity index (χ1) is 9.84. The Kier molecular flexibility index (Phi) is 6.36. The molecule has 1 aromatic rings. The standard InChI is InChI=1S/C14H17FO5S/c1-2-8-21(18,19)9-7-20-13-5-3-11(10-12(13)15)4-6-14(16)17/h3-6,10H,2,7-9H2,1H3,(H,16,17)/b6-4+. The van der Waals surface area contributed by atoms with Crippen LogP contribution in [0.25, 0.3) is 6.08 Å². The summed E-state index contributed by atoms with van der Waals surface area (Å²) >= 11 is 0. The van der Waals surface area contributed by atoms with Gasteiger partial charge in [0.05, 0.1) is 11.5 Å². The Morgan fingerprint density at radius 1 is 1.38 bits per heavy atom. The van der Waals surface area contributed by atoms with E-state index in [0.29, 0.717) is 12.0 Å². The third-order valence-corrected chi connectivity index (χ3v) is 4.36. The van der Waals surface area contributed by atoms with E-state index in [0.717, 1.165) is 12.1 Å². The molecule has 0 heterocycles. The first kappa shape index (κ1) is 17.2. The Balaban J connectivity index is 2.63. The molecule has 0 radical (unpaired) electrons. The maximum absolute atomic E-state index is 13.7. The van der Waals surface area contributed by atoms with Gasteiger partial charge >= 0.3 is 5.97 Å². The largest absolute Gasteiger partial charge is 0.489 e. The third kappa shape index (κ3) is 6.40. The molecule has 0 spiro atoms. The second-order valence-corrected chi connectivity index (χ2v) is 6.67. The van der Waals surface area contributed by atoms with Crippen molar-refractivity contribution < 1.29 is 27.4 Å². The SMILES string of the molecule is CCCS(=O)(=O)CCOc1ccc(/C=C/C(=O)O)cc1F. The highest BCUT2D eigenvalue weighted by Crippen LogP contribution is 2.19. The topological polar surface area (TPSA) is 80.7 Å². The van der Waals surface area contributed by atoms with Crippen molar-refractivity contribution in [2.75, 3.05) is 18.1 Å². The highest BCUT2D eigenvalue weighted by atomic mass is 32.2. The number of rotatable bonds is 8. The Morgan fingerprint density at radius 2 is 2.10 bits per heavy atom. The number of aliphatic carboxylic acids is 1. The highest BCUT2D eigenvalue weighted by molar-refractivity contribution is 7.91. The average molecular weight is 316 g/mol. The van der Waals surface area contributed by atoms with Crippen LogP contribution in [0.2, 0.25) is 0 Å². The number of carboxylic acids is 1. The van der Waals surface area contributed by atoms with E-state index in [-0.39, 0.29) is 23.9 Å². The number of hydrogen-bond acceptors (Lipinski definition) is 4. The number of carboxylic acid groups (broad SMARTS) is 1. The minimum atomic E-state index is -3.16. The summed E-state index contributed by atoms with van der Waals surface area (Å²) in [4.78, 5) is 10.4. The molecule has 0 saturated carbocycles. The Hall–Kier alpha value is -1.89. The molecule has 1 rings (SSSR count). The molecule has 7 heteroatoms. The van der Waals surface area contributed by atoms with Gasteiger partial charge in [-0.25, -0.2) is 17.6 Å². The van der Waals surface area contributed by atoms with Crippen LogP contribution < -0.4 is 4.74 Å². The second-order valence-electron chi connectivity index (χ2n) is 4.36. The molecule has 0 saturated heterocycles. The van der Waals surface area contributed by atoms with Gasteiger partial charge < -0.3 is 9.84 Å². The van der Waals surface area contributed by atoms with Crippen molar-refractivity contribution in [2.24, 2.45) is 0 Å². The lowest BCUT2D eigenvalue weighted by Gasteiger charge is -2.08. The minimum Gasteiger partial charge on any atom is -0.489 e. The van der Waals surface area contributed by atoms with Gasteiger partial charge in [-0.05, 0) is 30.2 Å². The molecule has 0 aliphatic heterocycles. The lowest BCUT2D eigenvalue weighted by atomic mass is 10.2. The molecule has 0 atom stereocenters. The molecular formula is C14H17FO5S. The number of halogens is 1. The Morgan fingerprint density at radius 3 is 2.67 bits per heavy atom. The lowest BCUT2D eigenvalue weighted by Crippen LogP contribution is -2.17. The maximum Gasteiger partial charge on any atom is 0.328 e. The number of ether oxygens (including phenoxy) is 1. The van der Waals surface area contributed by atoms with E-state index in [1.165, 1.54) is 18.2 Å². The number of carbonyl (C=O) groups is 1. The zero-order chi connectivity index (χ0) is 15.9. The van der Waals surface area contributed by atoms with Crippen molar-refractivity contribution >= 4 is 21.9 Å². The molecule has 0 aliphatic carbocycles. The molecule has 0 aliphatic rings. The number of benzene rings is 1. The van der Waals surface area contributed by atoms with Gasteiger partial charge in [-0.2, -0.15) is 0 Å². The van der Waals surface area contributed by atoms with Crippen LogP contribution in [0.3, 0.4) is 0 Å². The fourth-order valence-electron chi connectivity index (χ4n) is 1.60. The van der Waals surface area contributed by atoms with E-state index in [9.17, 15) is 17.6 Å². The third-order valence-electron chi connectivity index (χ3n) is 2.54. The van der Waals surface area contributed by atoms with Gasteiger partial charge in [0.25, 0.3) is 0 Å². The average Bonchev–Trinajstić information content (AvgIpc) is 2.38. The Bertz CT molecular complexity index is 622. The molecule has 21 heavy (non-hydrogen) atoms. The van der Waals surface area contributed by atoms with Crippen molar-refractivity contribution in [1.29, 1.82) is 0 Å². The fraction of sp³-hybridized carbons (Fsp3) is 0.357. The summed E-state index contributed by atoms with van der Waals surface area (Å²) in [5.41, 5.74) is 0.376. The monoisotopic (exact) mass is 316 g/mol. The van der Waals surface area contributed by atoms with Gasteiger partial charge in [0.15, 0.2) is 21.4 Å². The van der Waals surface area contributed by atoms with Crippen molar-refractivity contribution in [3.05, 3.63) is 35.7 Å². The predicted molar refractivity (Wildman–Crippen MR) is 77.5 cm³/mol. The number of hydrogen-bond donors (Lipinski definition) is 1. The smallest absolute Gasteiger partial charge is 0.328 e. The molecule has 0 bridgehead atoms. The zero-order valence-corrected chi connectivity index (χ0v) is 12.4. The van der Waals surface area contributed by atoms with Crippen LogP contribution in [0.15, 0.2) is 24.3 Å². The van der Waals surface area contributed by atoms with E-state index in [2.05, 4.69) is 0 Å². The van der Waals surface area contributed by atoms with E-state index in [4.69, 9.17) is 9.84 Å². The summed E-state index contributed by atoms with van der Waals surface area (Å²) in [6.07, 6.45) is 2.68. The van der Waals surface area contributed by atoms with Gasteiger partial charge in [0.1, 0.15) is 6.61 Å². The van der Waals surface area contributed by atoms with Gasteiger partial charge in [0, 0.05) is 6.08 Å². The molecule has 116 valence electrons. The first-order valence-electron chi connectivity index (χ1n) is 6.38. The summed E-state index contributed by atoms with van der Waals surface area (Å²) < 4.78 is 41.7. The van der Waals surface area contributed by atoms with Crippen LogP contribution in [0.4, 0.5) is 4.39 Å². The zero-order valence-electron chi connectivity index (χ0n) is 11.6. The quantitative estimate of drug-likeness (QED) is 0.743. The normalized spacial score (nSPS) is 11.7. The maximum atomic E-state index is 13.7. The van der Waals surface area contributed by atoms with E-state index >= 15 is 0 Å². The van der Waals surface area contributed by atoms with Crippen LogP contribution >= 0.6 is 0 Å². The second kappa shape index (κ2) is 7.78. The summed E-state index contributed by atoms with van der Waals surface area (Å²) in [5, 5.41) is 8.47. The summed E-state index contributed by atoms with van der Waals surface area (Å²) in [5.74, 6) is -1.94. The van der Waals surface area contributed by atoms with Gasteiger partial charge in [-0.3, -0.25) is 0 Å². The van der Waals surface area contributed by atoms with Crippen LogP contribution in [0, 0.1) is 5.82 Å². The summed E-state index contributed by atoms with van der Waals surface area (Å²) in [6, 6.07) is 3.94. The van der Waals surface area contributed by atoms with Crippen LogP contribution in [0.1, 0.15) is 18.9 Å². The molecule has 0 amide bonds. The molecule has 0 fully saturated rings. The fourth-order valence-corrected chi connectivity index (χ4v) is 2.76. The Labute approximate surface area is 123 Å². The summed E-state index contributed by atoms with van der Waals surface area (Å²) in [7, 11) is -3.16. The van der Waals surface area contributed by atoms with Crippen LogP contribution in [-0.2, 0) is 14.6 Å². The molecular weight excluding hydrogens is 299 g/mol.